The molecule has 27 heavy (non-hydrogen) atoms. The van der Waals surface area contributed by atoms with Crippen molar-refractivity contribution in [2.45, 2.75) is 6.61 Å². The first kappa shape index (κ1) is 18.2. The maximum Gasteiger partial charge on any atom is 0.295 e. The van der Waals surface area contributed by atoms with Crippen LogP contribution in [0.4, 0.5) is 18.9 Å². The highest BCUT2D eigenvalue weighted by Crippen LogP contribution is 2.13. The van der Waals surface area contributed by atoms with Crippen LogP contribution in [0.25, 0.3) is 0 Å². The monoisotopic (exact) mass is 374 g/mol. The molecule has 2 aromatic carbocycles. The van der Waals surface area contributed by atoms with Gasteiger partial charge in [-0.1, -0.05) is 12.1 Å². The van der Waals surface area contributed by atoms with Gasteiger partial charge in [-0.25, -0.2) is 13.2 Å². The quantitative estimate of drug-likeness (QED) is 0.746. The van der Waals surface area contributed by atoms with E-state index in [1.54, 1.807) is 0 Å². The number of carbonyl (C=O) groups is 1. The first-order chi connectivity index (χ1) is 12.9. The van der Waals surface area contributed by atoms with Gasteiger partial charge in [0.05, 0.1) is 0 Å². The Morgan fingerprint density at radius 3 is 2.44 bits per heavy atom. The van der Waals surface area contributed by atoms with Crippen LogP contribution >= 0.6 is 0 Å². The normalized spacial score (nSPS) is 10.5. The van der Waals surface area contributed by atoms with Crippen LogP contribution < -0.4 is 15.7 Å². The van der Waals surface area contributed by atoms with Crippen molar-refractivity contribution in [2.24, 2.45) is 0 Å². The van der Waals surface area contributed by atoms with Crippen molar-refractivity contribution < 1.29 is 22.8 Å². The van der Waals surface area contributed by atoms with Gasteiger partial charge >= 0.3 is 0 Å². The van der Waals surface area contributed by atoms with Crippen molar-refractivity contribution in [3.05, 3.63) is 99.7 Å². The maximum atomic E-state index is 13.2. The van der Waals surface area contributed by atoms with Gasteiger partial charge in [-0.3, -0.25) is 9.59 Å². The molecule has 1 N–H and O–H groups in total. The highest BCUT2D eigenvalue weighted by Gasteiger charge is 2.14. The van der Waals surface area contributed by atoms with Crippen molar-refractivity contribution in [1.82, 2.24) is 4.73 Å². The minimum absolute atomic E-state index is 0.000864. The van der Waals surface area contributed by atoms with Crippen LogP contribution in [-0.2, 0) is 6.61 Å². The van der Waals surface area contributed by atoms with Crippen LogP contribution in [-0.4, -0.2) is 10.6 Å². The number of anilines is 1. The Balaban J connectivity index is 1.75. The number of pyridine rings is 1. The summed E-state index contributed by atoms with van der Waals surface area (Å²) in [6, 6.07) is 11.0. The average Bonchev–Trinajstić information content (AvgIpc) is 2.65. The van der Waals surface area contributed by atoms with E-state index >= 15 is 0 Å². The summed E-state index contributed by atoms with van der Waals surface area (Å²) in [5.74, 6) is -3.37. The summed E-state index contributed by atoms with van der Waals surface area (Å²) in [6.07, 6.45) is 1.32. The number of benzene rings is 2. The topological polar surface area (TPSA) is 60.3 Å². The van der Waals surface area contributed by atoms with Gasteiger partial charge in [0.15, 0.2) is 11.6 Å². The summed E-state index contributed by atoms with van der Waals surface area (Å²) in [5, 5.41) is 2.32. The number of nitrogens with one attached hydrogen (secondary N) is 1. The molecule has 0 atom stereocenters. The zero-order valence-electron chi connectivity index (χ0n) is 13.8. The molecule has 138 valence electrons. The van der Waals surface area contributed by atoms with Crippen LogP contribution in [0.3, 0.4) is 0 Å². The van der Waals surface area contributed by atoms with E-state index < -0.39 is 28.9 Å². The Kier molecular flexibility index (Phi) is 5.25. The second-order valence-corrected chi connectivity index (χ2v) is 5.54. The summed E-state index contributed by atoms with van der Waals surface area (Å²) < 4.78 is 39.9. The lowest BCUT2D eigenvalue weighted by Gasteiger charge is -2.10. The minimum Gasteiger partial charge on any atom is -0.406 e. The van der Waals surface area contributed by atoms with Crippen LogP contribution in [0.15, 0.2) is 65.6 Å². The summed E-state index contributed by atoms with van der Waals surface area (Å²) >= 11 is 0. The van der Waals surface area contributed by atoms with E-state index in [1.807, 2.05) is 0 Å². The highest BCUT2D eigenvalue weighted by molar-refractivity contribution is 6.03. The van der Waals surface area contributed by atoms with Gasteiger partial charge in [-0.05, 0) is 42.0 Å². The largest absolute Gasteiger partial charge is 0.406 e. The molecule has 5 nitrogen and oxygen atoms in total. The number of nitrogens with zero attached hydrogens (tertiary/aromatic N) is 1. The molecule has 0 aliphatic carbocycles. The third-order valence-corrected chi connectivity index (χ3v) is 3.62. The van der Waals surface area contributed by atoms with Crippen LogP contribution in [0.5, 0.6) is 0 Å². The predicted octanol–water partition coefficient (Wildman–Crippen LogP) is 3.15. The first-order valence-electron chi connectivity index (χ1n) is 7.80. The molecular weight excluding hydrogens is 361 g/mol. The molecular formula is C19H13F3N2O3. The summed E-state index contributed by atoms with van der Waals surface area (Å²) in [6.45, 7) is -0.0194. The van der Waals surface area contributed by atoms with E-state index in [9.17, 15) is 22.8 Å². The molecule has 0 bridgehead atoms. The summed E-state index contributed by atoms with van der Waals surface area (Å²) in [7, 11) is 0. The van der Waals surface area contributed by atoms with Crippen molar-refractivity contribution in [2.75, 3.05) is 5.32 Å². The average molecular weight is 374 g/mol. The molecule has 3 rings (SSSR count). The summed E-state index contributed by atoms with van der Waals surface area (Å²) in [4.78, 5) is 30.0. The molecule has 0 saturated heterocycles. The van der Waals surface area contributed by atoms with E-state index in [-0.39, 0.29) is 17.9 Å². The molecule has 1 amide bonds. The lowest BCUT2D eigenvalue weighted by Crippen LogP contribution is -2.32. The fourth-order valence-electron chi connectivity index (χ4n) is 2.25. The Labute approximate surface area is 151 Å². The van der Waals surface area contributed by atoms with Gasteiger partial charge < -0.3 is 10.2 Å². The second kappa shape index (κ2) is 7.77. The van der Waals surface area contributed by atoms with Crippen LogP contribution in [0, 0.1) is 17.5 Å². The lowest BCUT2D eigenvalue weighted by atomic mass is 10.2. The zero-order chi connectivity index (χ0) is 19.4. The molecule has 0 aliphatic rings. The van der Waals surface area contributed by atoms with Crippen molar-refractivity contribution >= 4 is 11.6 Å². The van der Waals surface area contributed by atoms with Crippen molar-refractivity contribution in [1.29, 1.82) is 0 Å². The molecule has 0 unspecified atom stereocenters. The fourth-order valence-corrected chi connectivity index (χ4v) is 2.25. The van der Waals surface area contributed by atoms with Gasteiger partial charge in [0.1, 0.15) is 18.0 Å². The number of hydrogen-bond acceptors (Lipinski definition) is 3. The Hall–Kier alpha value is -3.55. The number of rotatable bonds is 5. The lowest BCUT2D eigenvalue weighted by molar-refractivity contribution is 0.0863. The molecule has 0 spiro atoms. The van der Waals surface area contributed by atoms with Crippen molar-refractivity contribution in [3.8, 4) is 0 Å². The van der Waals surface area contributed by atoms with E-state index in [2.05, 4.69) is 5.32 Å². The Morgan fingerprint density at radius 2 is 1.74 bits per heavy atom. The zero-order valence-corrected chi connectivity index (χ0v) is 13.8. The van der Waals surface area contributed by atoms with E-state index in [4.69, 9.17) is 4.84 Å². The predicted molar refractivity (Wildman–Crippen MR) is 91.7 cm³/mol. The molecule has 8 heteroatoms. The van der Waals surface area contributed by atoms with Crippen molar-refractivity contribution in [3.63, 3.8) is 0 Å². The standard InChI is InChI=1S/C19H13F3N2O3/c20-13-5-3-12(4-6-13)11-27-24-9-1-2-15(19(24)26)18(25)23-14-7-8-16(21)17(22)10-14/h1-10H,11H2,(H,23,25). The number of hydrogen-bond donors (Lipinski definition) is 1. The molecule has 3 aromatic rings. The Bertz CT molecular complexity index is 1030. The molecule has 0 aliphatic heterocycles. The van der Waals surface area contributed by atoms with Gasteiger partial charge in [0.25, 0.3) is 11.5 Å². The maximum absolute atomic E-state index is 13.2. The van der Waals surface area contributed by atoms with E-state index in [1.165, 1.54) is 48.7 Å². The second-order valence-electron chi connectivity index (χ2n) is 5.54. The molecule has 1 heterocycles. The molecule has 0 radical (unpaired) electrons. The molecule has 0 saturated carbocycles. The van der Waals surface area contributed by atoms with Gasteiger partial charge in [0, 0.05) is 18.0 Å². The third-order valence-electron chi connectivity index (χ3n) is 3.62. The smallest absolute Gasteiger partial charge is 0.295 e. The third kappa shape index (κ3) is 4.35. The summed E-state index contributed by atoms with van der Waals surface area (Å²) in [5.41, 5.74) is -0.359. The number of amides is 1. The minimum atomic E-state index is -1.12. The number of aromatic nitrogens is 1. The molecule has 1 aromatic heterocycles. The Morgan fingerprint density at radius 1 is 1.00 bits per heavy atom. The SMILES string of the molecule is O=C(Nc1ccc(F)c(F)c1)c1cccn(OCc2ccc(F)cc2)c1=O. The first-order valence-corrected chi connectivity index (χ1v) is 7.80. The highest BCUT2D eigenvalue weighted by atomic mass is 19.2. The van der Waals surface area contributed by atoms with Crippen LogP contribution in [0.1, 0.15) is 15.9 Å². The van der Waals surface area contributed by atoms with Gasteiger partial charge in [-0.15, -0.1) is 0 Å². The number of carbonyl (C=O) groups excluding carboxylic acids is 1. The molecule has 0 fully saturated rings. The van der Waals surface area contributed by atoms with Crippen LogP contribution in [0.2, 0.25) is 0 Å². The van der Waals surface area contributed by atoms with Gasteiger partial charge in [-0.2, -0.15) is 4.73 Å². The van der Waals surface area contributed by atoms with E-state index in [0.717, 1.165) is 16.9 Å². The number of halogens is 3. The van der Waals surface area contributed by atoms with Gasteiger partial charge in [0.2, 0.25) is 0 Å². The van der Waals surface area contributed by atoms with E-state index in [0.29, 0.717) is 5.56 Å². The fraction of sp³-hybridized carbons (Fsp3) is 0.0526.